The topological polar surface area (TPSA) is 74.0 Å². The first-order valence-electron chi connectivity index (χ1n) is 7.72. The van der Waals surface area contributed by atoms with Crippen LogP contribution in [0.3, 0.4) is 0 Å². The van der Waals surface area contributed by atoms with Crippen molar-refractivity contribution in [2.24, 2.45) is 0 Å². The van der Waals surface area contributed by atoms with Gasteiger partial charge in [0.15, 0.2) is 0 Å². The molecule has 0 saturated carbocycles. The van der Waals surface area contributed by atoms with E-state index in [1.165, 1.54) is 0 Å². The third-order valence-corrected chi connectivity index (χ3v) is 4.72. The van der Waals surface area contributed by atoms with E-state index in [0.29, 0.717) is 17.6 Å². The van der Waals surface area contributed by atoms with Crippen LogP contribution in [0.2, 0.25) is 0 Å². The molecule has 1 aliphatic rings. The molecular weight excluding hydrogens is 370 g/mol. The predicted octanol–water partition coefficient (Wildman–Crippen LogP) is 3.50. The molecule has 6 heteroatoms. The average Bonchev–Trinajstić information content (AvgIpc) is 3.04. The molecule has 0 fully saturated rings. The Labute approximate surface area is 148 Å². The van der Waals surface area contributed by atoms with Crippen LogP contribution in [-0.4, -0.2) is 23.8 Å². The van der Waals surface area contributed by atoms with Crippen LogP contribution in [0, 0.1) is 6.92 Å². The lowest BCUT2D eigenvalue weighted by molar-refractivity contribution is -0.110. The maximum absolute atomic E-state index is 12.3. The van der Waals surface area contributed by atoms with Crippen molar-refractivity contribution in [1.82, 2.24) is 10.3 Å². The first kappa shape index (κ1) is 16.5. The fraction of sp³-hybridized carbons (Fsp3) is 0.222. The van der Waals surface area contributed by atoms with Gasteiger partial charge in [-0.05, 0) is 43.2 Å². The second-order valence-electron chi connectivity index (χ2n) is 5.65. The van der Waals surface area contributed by atoms with E-state index in [1.807, 2.05) is 38.1 Å². The zero-order chi connectivity index (χ0) is 17.4. The molecular formula is C18H18BrN3O2. The number of nitrogens with one attached hydrogen (secondary N) is 3. The number of aromatic amines is 1. The highest BCUT2D eigenvalue weighted by Crippen LogP contribution is 2.35. The van der Waals surface area contributed by atoms with Crippen LogP contribution < -0.4 is 10.6 Å². The fourth-order valence-electron chi connectivity index (χ4n) is 2.97. The third-order valence-electron chi connectivity index (χ3n) is 4.23. The molecule has 0 bridgehead atoms. The molecule has 2 aromatic rings. The molecule has 2 heterocycles. The van der Waals surface area contributed by atoms with Crippen LogP contribution in [0.1, 0.15) is 39.8 Å². The van der Waals surface area contributed by atoms with Crippen LogP contribution in [0.15, 0.2) is 22.7 Å². The molecule has 0 atom stereocenters. The molecule has 3 rings (SSSR count). The van der Waals surface area contributed by atoms with E-state index in [1.54, 1.807) is 7.05 Å². The Morgan fingerprint density at radius 2 is 2.12 bits per heavy atom. The molecule has 1 aromatic heterocycles. The smallest absolute Gasteiger partial charge is 0.256 e. The van der Waals surface area contributed by atoms with Gasteiger partial charge in [-0.3, -0.25) is 9.59 Å². The normalized spacial score (nSPS) is 14.7. The van der Waals surface area contributed by atoms with E-state index < -0.39 is 0 Å². The van der Waals surface area contributed by atoms with Gasteiger partial charge in [-0.2, -0.15) is 0 Å². The Balaban J connectivity index is 2.13. The van der Waals surface area contributed by atoms with Crippen LogP contribution >= 0.6 is 15.9 Å². The van der Waals surface area contributed by atoms with Gasteiger partial charge in [0, 0.05) is 34.2 Å². The molecule has 1 aliphatic heterocycles. The zero-order valence-corrected chi connectivity index (χ0v) is 15.3. The number of aromatic nitrogens is 1. The van der Waals surface area contributed by atoms with E-state index in [9.17, 15) is 9.59 Å². The molecule has 5 nitrogen and oxygen atoms in total. The van der Waals surface area contributed by atoms with Gasteiger partial charge in [0.1, 0.15) is 0 Å². The number of benzene rings is 1. The number of H-pyrrole nitrogens is 1. The number of carbonyl (C=O) groups excluding carboxylic acids is 2. The summed E-state index contributed by atoms with van der Waals surface area (Å²) >= 11 is 3.44. The number of aryl methyl sites for hydroxylation is 1. The average molecular weight is 388 g/mol. The Morgan fingerprint density at radius 3 is 2.79 bits per heavy atom. The number of anilines is 1. The Kier molecular flexibility index (Phi) is 4.32. The van der Waals surface area contributed by atoms with Gasteiger partial charge in [-0.1, -0.05) is 22.9 Å². The van der Waals surface area contributed by atoms with Gasteiger partial charge in [-0.25, -0.2) is 0 Å². The Morgan fingerprint density at radius 1 is 1.38 bits per heavy atom. The summed E-state index contributed by atoms with van der Waals surface area (Å²) in [7, 11) is 1.62. The minimum Gasteiger partial charge on any atom is -0.358 e. The molecule has 24 heavy (non-hydrogen) atoms. The fourth-order valence-corrected chi connectivity index (χ4v) is 3.33. The maximum Gasteiger partial charge on any atom is 0.256 e. The van der Waals surface area contributed by atoms with Gasteiger partial charge in [0.05, 0.1) is 11.1 Å². The molecule has 3 N–H and O–H groups in total. The minimum atomic E-state index is -0.142. The highest BCUT2D eigenvalue weighted by atomic mass is 79.9. The van der Waals surface area contributed by atoms with E-state index in [4.69, 9.17) is 0 Å². The summed E-state index contributed by atoms with van der Waals surface area (Å²) in [6, 6.07) is 5.67. The van der Waals surface area contributed by atoms with Crippen molar-refractivity contribution >= 4 is 45.1 Å². The largest absolute Gasteiger partial charge is 0.358 e. The number of amides is 2. The molecule has 124 valence electrons. The first-order valence-corrected chi connectivity index (χ1v) is 8.52. The number of halogens is 1. The van der Waals surface area contributed by atoms with Crippen molar-refractivity contribution < 1.29 is 9.59 Å². The third kappa shape index (κ3) is 2.67. The number of rotatable bonds is 3. The van der Waals surface area contributed by atoms with Crippen LogP contribution in [0.5, 0.6) is 0 Å². The van der Waals surface area contributed by atoms with Crippen molar-refractivity contribution in [1.29, 1.82) is 0 Å². The monoisotopic (exact) mass is 387 g/mol. The lowest BCUT2D eigenvalue weighted by Gasteiger charge is -2.01. The molecule has 0 radical (unpaired) electrons. The number of hydrogen-bond acceptors (Lipinski definition) is 2. The van der Waals surface area contributed by atoms with Crippen LogP contribution in [-0.2, 0) is 11.2 Å². The van der Waals surface area contributed by atoms with Crippen molar-refractivity contribution in [3.63, 3.8) is 0 Å². The second kappa shape index (κ2) is 6.28. The van der Waals surface area contributed by atoms with Gasteiger partial charge in [-0.15, -0.1) is 0 Å². The standard InChI is InChI=1S/C18H18BrN3O2/c1-4-13-16(18(24)20-3)9(2)15(21-13)8-12-11-7-10(19)5-6-14(11)22-17(12)23/h5-8,21H,4H2,1-3H3,(H,20,24)(H,22,23)/b12-8-. The maximum atomic E-state index is 12.3. The van der Waals surface area contributed by atoms with E-state index in [0.717, 1.165) is 32.7 Å². The SMILES string of the molecule is CCc1[nH]c(/C=C2\C(=O)Nc3ccc(Br)cc32)c(C)c1C(=O)NC. The molecule has 0 spiro atoms. The first-order chi connectivity index (χ1) is 11.5. The quantitative estimate of drug-likeness (QED) is 0.705. The molecule has 0 aliphatic carbocycles. The minimum absolute atomic E-state index is 0.121. The van der Waals surface area contributed by atoms with E-state index >= 15 is 0 Å². The van der Waals surface area contributed by atoms with Crippen LogP contribution in [0.25, 0.3) is 11.6 Å². The highest BCUT2D eigenvalue weighted by Gasteiger charge is 2.25. The summed E-state index contributed by atoms with van der Waals surface area (Å²) in [4.78, 5) is 27.7. The summed E-state index contributed by atoms with van der Waals surface area (Å²) in [6.07, 6.45) is 2.52. The van der Waals surface area contributed by atoms with Crippen molar-refractivity contribution in [3.05, 3.63) is 50.8 Å². The summed E-state index contributed by atoms with van der Waals surface area (Å²) in [5.74, 6) is -0.263. The van der Waals surface area contributed by atoms with E-state index in [2.05, 4.69) is 31.5 Å². The lowest BCUT2D eigenvalue weighted by Crippen LogP contribution is -2.19. The van der Waals surface area contributed by atoms with Gasteiger partial charge < -0.3 is 15.6 Å². The molecule has 0 saturated heterocycles. The molecule has 2 amide bonds. The number of carbonyl (C=O) groups is 2. The Bertz CT molecular complexity index is 881. The second-order valence-corrected chi connectivity index (χ2v) is 6.57. The lowest BCUT2D eigenvalue weighted by atomic mass is 10.0. The number of hydrogen-bond donors (Lipinski definition) is 3. The van der Waals surface area contributed by atoms with Gasteiger partial charge in [0.2, 0.25) is 0 Å². The molecule has 0 unspecified atom stereocenters. The predicted molar refractivity (Wildman–Crippen MR) is 98.9 cm³/mol. The van der Waals surface area contributed by atoms with Gasteiger partial charge in [0.25, 0.3) is 11.8 Å². The zero-order valence-electron chi connectivity index (χ0n) is 13.7. The summed E-state index contributed by atoms with van der Waals surface area (Å²) < 4.78 is 0.909. The van der Waals surface area contributed by atoms with E-state index in [-0.39, 0.29) is 11.8 Å². The number of fused-ring (bicyclic) bond motifs is 1. The summed E-state index contributed by atoms with van der Waals surface area (Å²) in [5.41, 5.74) is 5.37. The van der Waals surface area contributed by atoms with Crippen molar-refractivity contribution in [2.75, 3.05) is 12.4 Å². The summed E-state index contributed by atoms with van der Waals surface area (Å²) in [5, 5.41) is 5.53. The van der Waals surface area contributed by atoms with Crippen LogP contribution in [0.4, 0.5) is 5.69 Å². The van der Waals surface area contributed by atoms with Gasteiger partial charge >= 0.3 is 0 Å². The van der Waals surface area contributed by atoms with Crippen molar-refractivity contribution in [3.8, 4) is 0 Å². The summed E-state index contributed by atoms with van der Waals surface area (Å²) in [6.45, 7) is 3.88. The van der Waals surface area contributed by atoms with Crippen molar-refractivity contribution in [2.45, 2.75) is 20.3 Å². The molecule has 1 aromatic carbocycles. The highest BCUT2D eigenvalue weighted by molar-refractivity contribution is 9.10. The Hall–Kier alpha value is -2.34.